The summed E-state index contributed by atoms with van der Waals surface area (Å²) in [5.74, 6) is -0.359. The Balaban J connectivity index is 1.24. The van der Waals surface area contributed by atoms with E-state index in [-0.39, 0.29) is 46.7 Å². The Morgan fingerprint density at radius 2 is 2.06 bits per heavy atom. The number of thioether (sulfide) groups is 1. The van der Waals surface area contributed by atoms with E-state index < -0.39 is 5.97 Å². The van der Waals surface area contributed by atoms with Crippen LogP contribution in [0.25, 0.3) is 0 Å². The molecule has 0 aromatic rings. The van der Waals surface area contributed by atoms with Gasteiger partial charge < -0.3 is 25.1 Å². The van der Waals surface area contributed by atoms with Crippen molar-refractivity contribution in [3.05, 3.63) is 10.6 Å². The summed E-state index contributed by atoms with van der Waals surface area (Å²) in [4.78, 5) is 44.5. The van der Waals surface area contributed by atoms with Crippen molar-refractivity contribution in [3.8, 4) is 0 Å². The van der Waals surface area contributed by atoms with E-state index in [9.17, 15) is 19.5 Å². The average molecular weight is 463 g/mol. The normalized spacial score (nSPS) is 39.3. The van der Waals surface area contributed by atoms with Crippen molar-refractivity contribution in [2.45, 2.75) is 62.9 Å². The van der Waals surface area contributed by atoms with Gasteiger partial charge in [-0.3, -0.25) is 9.59 Å². The number of nitrogens with zero attached hydrogens (tertiary/aromatic N) is 3. The molecule has 5 rings (SSSR count). The predicted molar refractivity (Wildman–Crippen MR) is 122 cm³/mol. The highest BCUT2D eigenvalue weighted by Crippen LogP contribution is 2.51. The Labute approximate surface area is 193 Å². The average Bonchev–Trinajstić information content (AvgIpc) is 3.45. The van der Waals surface area contributed by atoms with E-state index in [4.69, 9.17) is 0 Å². The fourth-order valence-corrected chi connectivity index (χ4v) is 8.12. The minimum absolute atomic E-state index is 0.0285. The van der Waals surface area contributed by atoms with Gasteiger partial charge in [0.2, 0.25) is 11.8 Å². The molecule has 5 heterocycles. The van der Waals surface area contributed by atoms with Gasteiger partial charge in [-0.1, -0.05) is 13.8 Å². The second kappa shape index (κ2) is 8.33. The molecule has 0 bridgehead atoms. The molecule has 2 unspecified atom stereocenters. The third-order valence-electron chi connectivity index (χ3n) is 8.36. The minimum Gasteiger partial charge on any atom is -0.477 e. The molecule has 0 aromatic heterocycles. The Morgan fingerprint density at radius 3 is 2.75 bits per heavy atom. The first kappa shape index (κ1) is 22.2. The summed E-state index contributed by atoms with van der Waals surface area (Å²) in [5, 5.41) is 13.4. The van der Waals surface area contributed by atoms with Gasteiger partial charge in [0.1, 0.15) is 5.70 Å². The fourth-order valence-electron chi connectivity index (χ4n) is 6.64. The van der Waals surface area contributed by atoms with E-state index in [1.54, 1.807) is 11.8 Å². The summed E-state index contributed by atoms with van der Waals surface area (Å²) in [6.07, 6.45) is 3.85. The summed E-state index contributed by atoms with van der Waals surface area (Å²) in [5.41, 5.74) is 0.170. The fraction of sp³-hybridized carbons (Fsp3) is 0.783. The summed E-state index contributed by atoms with van der Waals surface area (Å²) < 4.78 is 0. The number of piperidine rings is 1. The van der Waals surface area contributed by atoms with Gasteiger partial charge in [-0.15, -0.1) is 11.8 Å². The Bertz CT molecular complexity index is 863. The van der Waals surface area contributed by atoms with Crippen molar-refractivity contribution >= 4 is 29.5 Å². The van der Waals surface area contributed by atoms with Gasteiger partial charge in [0.15, 0.2) is 0 Å². The molecule has 4 saturated heterocycles. The van der Waals surface area contributed by atoms with Crippen molar-refractivity contribution in [1.82, 2.24) is 20.0 Å². The first-order valence-electron chi connectivity index (χ1n) is 12.0. The lowest BCUT2D eigenvalue weighted by Crippen LogP contribution is -2.60. The SMILES string of the molecule is CC[C@H]1C(=O)N2C(C(=O)O)=C(S[C@@H]3CN[C@H](C(=O)N4CC5CCCN(C)C5C4)C3)[C@H](C)[C@H]12. The first-order chi connectivity index (χ1) is 15.3. The predicted octanol–water partition coefficient (Wildman–Crippen LogP) is 1.19. The summed E-state index contributed by atoms with van der Waals surface area (Å²) in [6, 6.07) is 0.249. The van der Waals surface area contributed by atoms with Crippen LogP contribution in [-0.4, -0.2) is 94.2 Å². The van der Waals surface area contributed by atoms with Crippen LogP contribution < -0.4 is 5.32 Å². The molecule has 0 saturated carbocycles. The largest absolute Gasteiger partial charge is 0.477 e. The lowest BCUT2D eigenvalue weighted by atomic mass is 9.81. The second-order valence-corrected chi connectivity index (χ2v) is 11.5. The zero-order valence-electron chi connectivity index (χ0n) is 19.1. The Hall–Kier alpha value is -1.58. The molecule has 2 N–H and O–H groups in total. The van der Waals surface area contributed by atoms with Crippen LogP contribution in [0.15, 0.2) is 10.6 Å². The van der Waals surface area contributed by atoms with Gasteiger partial charge in [0.05, 0.1) is 18.0 Å². The lowest BCUT2D eigenvalue weighted by molar-refractivity contribution is -0.156. The van der Waals surface area contributed by atoms with Crippen molar-refractivity contribution < 1.29 is 19.5 Å². The van der Waals surface area contributed by atoms with Crippen LogP contribution in [0.3, 0.4) is 0 Å². The molecule has 0 aliphatic carbocycles. The van der Waals surface area contributed by atoms with Gasteiger partial charge >= 0.3 is 5.97 Å². The number of hydrogen-bond acceptors (Lipinski definition) is 6. The molecule has 0 spiro atoms. The number of carbonyl (C=O) groups excluding carboxylic acids is 2. The molecule has 5 aliphatic heterocycles. The van der Waals surface area contributed by atoms with E-state index >= 15 is 0 Å². The first-order valence-corrected chi connectivity index (χ1v) is 12.9. The van der Waals surface area contributed by atoms with Crippen molar-refractivity contribution in [1.29, 1.82) is 0 Å². The molecule has 2 amide bonds. The highest BCUT2D eigenvalue weighted by Gasteiger charge is 2.58. The number of aliphatic carboxylic acids is 1. The van der Waals surface area contributed by atoms with Gasteiger partial charge in [0, 0.05) is 41.7 Å². The maximum absolute atomic E-state index is 13.2. The number of carboxylic acid groups (broad SMARTS) is 1. The van der Waals surface area contributed by atoms with Crippen LogP contribution in [0.1, 0.15) is 39.5 Å². The van der Waals surface area contributed by atoms with E-state index in [2.05, 4.69) is 17.3 Å². The monoisotopic (exact) mass is 462 g/mol. The van der Waals surface area contributed by atoms with Gasteiger partial charge in [0.25, 0.3) is 0 Å². The van der Waals surface area contributed by atoms with E-state index in [0.717, 1.165) is 31.0 Å². The zero-order chi connectivity index (χ0) is 22.7. The third kappa shape index (κ3) is 3.39. The summed E-state index contributed by atoms with van der Waals surface area (Å²) in [6.45, 7) is 7.49. The lowest BCUT2D eigenvalue weighted by Gasteiger charge is -2.44. The maximum atomic E-state index is 13.2. The number of fused-ring (bicyclic) bond motifs is 2. The van der Waals surface area contributed by atoms with Crippen molar-refractivity contribution in [2.75, 3.05) is 33.2 Å². The van der Waals surface area contributed by atoms with Crippen LogP contribution in [0.4, 0.5) is 0 Å². The van der Waals surface area contributed by atoms with E-state index in [1.807, 2.05) is 18.7 Å². The number of amides is 2. The molecule has 0 radical (unpaired) electrons. The Kier molecular flexibility index (Phi) is 5.78. The molecule has 9 heteroatoms. The quantitative estimate of drug-likeness (QED) is 0.593. The number of carboxylic acids is 1. The number of β-lactam (4-membered cyclic amide) rings is 1. The maximum Gasteiger partial charge on any atom is 0.353 e. The molecular formula is C23H34N4O4S. The number of rotatable bonds is 5. The van der Waals surface area contributed by atoms with E-state index in [0.29, 0.717) is 24.9 Å². The third-order valence-corrected chi connectivity index (χ3v) is 9.87. The van der Waals surface area contributed by atoms with Gasteiger partial charge in [-0.05, 0) is 45.2 Å². The molecule has 5 aliphatic rings. The van der Waals surface area contributed by atoms with Crippen LogP contribution in [0.5, 0.6) is 0 Å². The number of likely N-dealkylation sites (N-methyl/N-ethyl adjacent to an activating group) is 1. The molecule has 32 heavy (non-hydrogen) atoms. The van der Waals surface area contributed by atoms with Gasteiger partial charge in [-0.2, -0.15) is 0 Å². The van der Waals surface area contributed by atoms with Crippen molar-refractivity contribution in [3.63, 3.8) is 0 Å². The molecular weight excluding hydrogens is 428 g/mol. The highest BCUT2D eigenvalue weighted by molar-refractivity contribution is 8.03. The minimum atomic E-state index is -1.02. The molecule has 176 valence electrons. The molecule has 7 atom stereocenters. The number of carbonyl (C=O) groups is 3. The van der Waals surface area contributed by atoms with E-state index in [1.165, 1.54) is 17.7 Å². The number of likely N-dealkylation sites (tertiary alicyclic amines) is 2. The number of hydrogen-bond donors (Lipinski definition) is 2. The molecule has 0 aromatic carbocycles. The second-order valence-electron chi connectivity index (χ2n) is 10.2. The Morgan fingerprint density at radius 1 is 1.28 bits per heavy atom. The van der Waals surface area contributed by atoms with Crippen LogP contribution in [0.2, 0.25) is 0 Å². The van der Waals surface area contributed by atoms with Gasteiger partial charge in [-0.25, -0.2) is 4.79 Å². The van der Waals surface area contributed by atoms with Crippen LogP contribution in [0, 0.1) is 17.8 Å². The highest BCUT2D eigenvalue weighted by atomic mass is 32.2. The number of nitrogens with one attached hydrogen (secondary N) is 1. The molecule has 4 fully saturated rings. The summed E-state index contributed by atoms with van der Waals surface area (Å²) in [7, 11) is 2.17. The van der Waals surface area contributed by atoms with Crippen LogP contribution >= 0.6 is 11.8 Å². The van der Waals surface area contributed by atoms with Crippen LogP contribution in [-0.2, 0) is 14.4 Å². The zero-order valence-corrected chi connectivity index (χ0v) is 19.9. The summed E-state index contributed by atoms with van der Waals surface area (Å²) >= 11 is 1.57. The van der Waals surface area contributed by atoms with Crippen molar-refractivity contribution in [2.24, 2.45) is 17.8 Å². The molecule has 8 nitrogen and oxygen atoms in total. The topological polar surface area (TPSA) is 93.2 Å². The smallest absolute Gasteiger partial charge is 0.353 e. The standard InChI is InChI=1S/C23H34N4O4S/c1-4-15-18-12(2)20(19(23(30)31)27(18)21(15)28)32-14-8-16(24-9-14)22(29)26-10-13-6-5-7-25(3)17(13)11-26/h12-18,24H,4-11H2,1-3H3,(H,30,31)/t12-,13?,14+,15-,16+,17?,18-/m1/s1.